The summed E-state index contributed by atoms with van der Waals surface area (Å²) in [7, 11) is 0. The molecule has 3 nitrogen and oxygen atoms in total. The Balaban J connectivity index is 1.52. The first-order chi connectivity index (χ1) is 8.80. The van der Waals surface area contributed by atoms with Crippen LogP contribution in [0.2, 0.25) is 0 Å². The number of piperidine rings is 1. The van der Waals surface area contributed by atoms with Gasteiger partial charge in [-0.15, -0.1) is 6.58 Å². The first-order valence-corrected chi connectivity index (χ1v) is 7.38. The van der Waals surface area contributed by atoms with E-state index in [0.29, 0.717) is 6.61 Å². The molecule has 3 fully saturated rings. The highest BCUT2D eigenvalue weighted by Crippen LogP contribution is 2.37. The number of hydrogen-bond acceptors (Lipinski definition) is 3. The first-order valence-electron chi connectivity index (χ1n) is 7.38. The van der Waals surface area contributed by atoms with Crippen LogP contribution in [0.3, 0.4) is 0 Å². The Morgan fingerprint density at radius 2 is 2.33 bits per heavy atom. The molecule has 3 rings (SSSR count). The summed E-state index contributed by atoms with van der Waals surface area (Å²) in [5, 5.41) is 0. The Hall–Kier alpha value is -0.380. The Kier molecular flexibility index (Phi) is 3.73. The lowest BCUT2D eigenvalue weighted by molar-refractivity contribution is -0.0533. The minimum atomic E-state index is 0.0962. The normalized spacial score (nSPS) is 37.2. The van der Waals surface area contributed by atoms with Crippen LogP contribution in [-0.2, 0) is 9.47 Å². The molecule has 3 aliphatic rings. The number of nitrogens with zero attached hydrogens (tertiary/aromatic N) is 1. The molecule has 2 atom stereocenters. The molecule has 0 aromatic heterocycles. The summed E-state index contributed by atoms with van der Waals surface area (Å²) >= 11 is 0. The van der Waals surface area contributed by atoms with Gasteiger partial charge in [-0.3, -0.25) is 0 Å². The average molecular weight is 251 g/mol. The van der Waals surface area contributed by atoms with Gasteiger partial charge in [0.15, 0.2) is 0 Å². The van der Waals surface area contributed by atoms with E-state index in [1.165, 1.54) is 38.8 Å². The number of ether oxygens (including phenoxy) is 2. The molecule has 2 aliphatic heterocycles. The molecule has 3 heteroatoms. The molecule has 0 unspecified atom stereocenters. The smallest absolute Gasteiger partial charge is 0.0841 e. The lowest BCUT2D eigenvalue weighted by Crippen LogP contribution is -2.48. The second-order valence-corrected chi connectivity index (χ2v) is 6.22. The van der Waals surface area contributed by atoms with Gasteiger partial charge >= 0.3 is 0 Å². The van der Waals surface area contributed by atoms with Gasteiger partial charge in [-0.05, 0) is 38.1 Å². The van der Waals surface area contributed by atoms with Crippen molar-refractivity contribution in [2.45, 2.75) is 43.8 Å². The van der Waals surface area contributed by atoms with Crippen LogP contribution in [0.15, 0.2) is 12.7 Å². The van der Waals surface area contributed by atoms with Crippen molar-refractivity contribution in [1.29, 1.82) is 0 Å². The molecule has 2 heterocycles. The molecule has 1 spiro atoms. The van der Waals surface area contributed by atoms with Gasteiger partial charge in [0, 0.05) is 19.5 Å². The predicted molar refractivity (Wildman–Crippen MR) is 71.6 cm³/mol. The second-order valence-electron chi connectivity index (χ2n) is 6.22. The summed E-state index contributed by atoms with van der Waals surface area (Å²) < 4.78 is 11.9. The van der Waals surface area contributed by atoms with Crippen LogP contribution in [0.5, 0.6) is 0 Å². The number of likely N-dealkylation sites (tertiary alicyclic amines) is 1. The quantitative estimate of drug-likeness (QED) is 0.699. The van der Waals surface area contributed by atoms with Gasteiger partial charge in [-0.2, -0.15) is 0 Å². The van der Waals surface area contributed by atoms with E-state index in [4.69, 9.17) is 9.47 Å². The van der Waals surface area contributed by atoms with Crippen LogP contribution in [0, 0.1) is 5.92 Å². The van der Waals surface area contributed by atoms with Crippen LogP contribution in [0.4, 0.5) is 0 Å². The molecule has 0 radical (unpaired) electrons. The number of rotatable bonds is 5. The maximum Gasteiger partial charge on any atom is 0.0841 e. The van der Waals surface area contributed by atoms with E-state index < -0.39 is 0 Å². The van der Waals surface area contributed by atoms with Crippen LogP contribution in [0.25, 0.3) is 0 Å². The van der Waals surface area contributed by atoms with Crippen LogP contribution < -0.4 is 0 Å². The monoisotopic (exact) mass is 251 g/mol. The Morgan fingerprint density at radius 1 is 1.44 bits per heavy atom. The van der Waals surface area contributed by atoms with Crippen molar-refractivity contribution in [3.05, 3.63) is 12.7 Å². The molecule has 1 aliphatic carbocycles. The van der Waals surface area contributed by atoms with Crippen LogP contribution in [-0.4, -0.2) is 49.5 Å². The first kappa shape index (κ1) is 12.6. The van der Waals surface area contributed by atoms with E-state index in [-0.39, 0.29) is 11.7 Å². The lowest BCUT2D eigenvalue weighted by atomic mass is 9.89. The molecule has 0 amide bonds. The molecule has 0 aromatic rings. The van der Waals surface area contributed by atoms with Gasteiger partial charge < -0.3 is 14.4 Å². The molecule has 1 saturated carbocycles. The van der Waals surface area contributed by atoms with Crippen molar-refractivity contribution in [2.24, 2.45) is 5.92 Å². The summed E-state index contributed by atoms with van der Waals surface area (Å²) in [4.78, 5) is 2.62. The third-order valence-corrected chi connectivity index (χ3v) is 4.46. The molecule has 0 aromatic carbocycles. The average Bonchev–Trinajstić information content (AvgIpc) is 3.10. The SMILES string of the molecule is C=CCO[C@H]1CO[C@@]2(CCCN(CC3CC3)C2)C1. The fourth-order valence-corrected chi connectivity index (χ4v) is 3.41. The minimum absolute atomic E-state index is 0.0962. The van der Waals surface area contributed by atoms with E-state index >= 15 is 0 Å². The van der Waals surface area contributed by atoms with Crippen molar-refractivity contribution in [2.75, 3.05) is 32.8 Å². The predicted octanol–water partition coefficient (Wildman–Crippen LogP) is 2.22. The summed E-state index contributed by atoms with van der Waals surface area (Å²) in [5.41, 5.74) is 0.0962. The standard InChI is InChI=1S/C15H25NO2/c1-2-8-17-14-9-15(18-11-14)6-3-7-16(12-15)10-13-4-5-13/h2,13-14H,1,3-12H2/t14-,15+/m1/s1. The Bertz CT molecular complexity index is 303. The van der Waals surface area contributed by atoms with E-state index in [2.05, 4.69) is 11.5 Å². The van der Waals surface area contributed by atoms with Crippen molar-refractivity contribution in [3.63, 3.8) is 0 Å². The highest BCUT2D eigenvalue weighted by molar-refractivity contribution is 4.96. The van der Waals surface area contributed by atoms with Crippen LogP contribution in [0.1, 0.15) is 32.1 Å². The zero-order valence-corrected chi connectivity index (χ0v) is 11.3. The third kappa shape index (κ3) is 2.95. The zero-order valence-electron chi connectivity index (χ0n) is 11.3. The Morgan fingerprint density at radius 3 is 3.11 bits per heavy atom. The lowest BCUT2D eigenvalue weighted by Gasteiger charge is -2.39. The molecule has 0 bridgehead atoms. The highest BCUT2D eigenvalue weighted by Gasteiger charge is 2.44. The molecule has 0 N–H and O–H groups in total. The van der Waals surface area contributed by atoms with Gasteiger partial charge in [0.05, 0.1) is 24.9 Å². The Labute approximate surface area is 110 Å². The van der Waals surface area contributed by atoms with Gasteiger partial charge in [-0.25, -0.2) is 0 Å². The van der Waals surface area contributed by atoms with E-state index in [9.17, 15) is 0 Å². The van der Waals surface area contributed by atoms with Crippen molar-refractivity contribution in [3.8, 4) is 0 Å². The van der Waals surface area contributed by atoms with Crippen LogP contribution >= 0.6 is 0 Å². The maximum absolute atomic E-state index is 6.12. The zero-order chi connectivity index (χ0) is 12.4. The molecule has 2 saturated heterocycles. The van der Waals surface area contributed by atoms with E-state index in [1.54, 1.807) is 0 Å². The van der Waals surface area contributed by atoms with E-state index in [1.807, 2.05) is 6.08 Å². The fraction of sp³-hybridized carbons (Fsp3) is 0.867. The van der Waals surface area contributed by atoms with Crippen molar-refractivity contribution < 1.29 is 9.47 Å². The van der Waals surface area contributed by atoms with Gasteiger partial charge in [0.1, 0.15) is 0 Å². The molecule has 18 heavy (non-hydrogen) atoms. The fourth-order valence-electron chi connectivity index (χ4n) is 3.41. The molecule has 102 valence electrons. The van der Waals surface area contributed by atoms with Gasteiger partial charge in [0.2, 0.25) is 0 Å². The summed E-state index contributed by atoms with van der Waals surface area (Å²) in [6.07, 6.45) is 8.55. The molecular formula is C15H25NO2. The number of hydrogen-bond donors (Lipinski definition) is 0. The minimum Gasteiger partial charge on any atom is -0.372 e. The summed E-state index contributed by atoms with van der Waals surface area (Å²) in [5.74, 6) is 0.981. The summed E-state index contributed by atoms with van der Waals surface area (Å²) in [6, 6.07) is 0. The maximum atomic E-state index is 6.12. The second kappa shape index (κ2) is 5.32. The highest BCUT2D eigenvalue weighted by atomic mass is 16.6. The molecular weight excluding hydrogens is 226 g/mol. The topological polar surface area (TPSA) is 21.7 Å². The van der Waals surface area contributed by atoms with Gasteiger partial charge in [0.25, 0.3) is 0 Å². The van der Waals surface area contributed by atoms with Gasteiger partial charge in [-0.1, -0.05) is 6.08 Å². The summed E-state index contributed by atoms with van der Waals surface area (Å²) in [6.45, 7) is 8.80. The van der Waals surface area contributed by atoms with Crippen molar-refractivity contribution in [1.82, 2.24) is 4.90 Å². The van der Waals surface area contributed by atoms with Crippen molar-refractivity contribution >= 4 is 0 Å². The van der Waals surface area contributed by atoms with E-state index in [0.717, 1.165) is 25.5 Å². The largest absolute Gasteiger partial charge is 0.372 e. The third-order valence-electron chi connectivity index (χ3n) is 4.46.